The van der Waals surface area contributed by atoms with Gasteiger partial charge >= 0.3 is 5.97 Å². The van der Waals surface area contributed by atoms with Crippen LogP contribution in [0.1, 0.15) is 10.4 Å². The molecule has 0 aliphatic carbocycles. The monoisotopic (exact) mass is 343 g/mol. The topological polar surface area (TPSA) is 59.4 Å². The zero-order valence-electron chi connectivity index (χ0n) is 10.8. The molecule has 5 heteroatoms. The Labute approximate surface area is 129 Å². The number of pyridine rings is 1. The Morgan fingerprint density at radius 3 is 2.71 bits per heavy atom. The molecular formula is C16H10BrNO3. The molecular weight excluding hydrogens is 334 g/mol. The lowest BCUT2D eigenvalue weighted by atomic mass is 10.1. The molecule has 1 heterocycles. The first-order valence-corrected chi connectivity index (χ1v) is 6.98. The number of hydrogen-bond donors (Lipinski definition) is 1. The molecule has 0 atom stereocenters. The van der Waals surface area contributed by atoms with Crippen LogP contribution in [-0.2, 0) is 0 Å². The zero-order chi connectivity index (χ0) is 14.8. The molecule has 1 aromatic heterocycles. The summed E-state index contributed by atoms with van der Waals surface area (Å²) in [4.78, 5) is 15.4. The summed E-state index contributed by atoms with van der Waals surface area (Å²) < 4.78 is 6.51. The SMILES string of the molecule is O=C(O)c1ccc2ccccc2c1Oc1ccncc1Br. The standard InChI is InChI=1S/C16H10BrNO3/c17-13-9-18-8-7-14(13)21-15-11-4-2-1-3-10(11)5-6-12(15)16(19)20/h1-9H,(H,19,20). The van der Waals surface area contributed by atoms with Crippen molar-refractivity contribution in [3.05, 3.63) is 64.9 Å². The van der Waals surface area contributed by atoms with Gasteiger partial charge in [0.15, 0.2) is 0 Å². The lowest BCUT2D eigenvalue weighted by molar-refractivity contribution is 0.0694. The van der Waals surface area contributed by atoms with Gasteiger partial charge in [0.05, 0.1) is 4.47 Å². The normalized spacial score (nSPS) is 10.5. The minimum atomic E-state index is -1.03. The molecule has 0 saturated carbocycles. The summed E-state index contributed by atoms with van der Waals surface area (Å²) in [5.74, 6) is -0.183. The number of ether oxygens (including phenoxy) is 1. The molecule has 104 valence electrons. The van der Waals surface area contributed by atoms with Gasteiger partial charge in [-0.2, -0.15) is 0 Å². The van der Waals surface area contributed by atoms with E-state index in [1.165, 1.54) is 0 Å². The van der Waals surface area contributed by atoms with Crippen molar-refractivity contribution < 1.29 is 14.6 Å². The molecule has 3 aromatic rings. The minimum absolute atomic E-state index is 0.123. The second kappa shape index (κ2) is 5.54. The first-order chi connectivity index (χ1) is 10.2. The van der Waals surface area contributed by atoms with Gasteiger partial charge in [-0.15, -0.1) is 0 Å². The van der Waals surface area contributed by atoms with E-state index in [9.17, 15) is 9.90 Å². The van der Waals surface area contributed by atoms with E-state index in [1.54, 1.807) is 30.6 Å². The van der Waals surface area contributed by atoms with E-state index in [0.717, 1.165) is 10.8 Å². The van der Waals surface area contributed by atoms with Crippen LogP contribution in [0.5, 0.6) is 11.5 Å². The van der Waals surface area contributed by atoms with E-state index >= 15 is 0 Å². The molecule has 4 nitrogen and oxygen atoms in total. The lowest BCUT2D eigenvalue weighted by Crippen LogP contribution is -2.01. The number of rotatable bonds is 3. The second-order valence-electron chi connectivity index (χ2n) is 4.38. The molecule has 21 heavy (non-hydrogen) atoms. The number of benzene rings is 2. The van der Waals surface area contributed by atoms with E-state index in [1.807, 2.05) is 24.3 Å². The van der Waals surface area contributed by atoms with Crippen molar-refractivity contribution in [3.63, 3.8) is 0 Å². The maximum atomic E-state index is 11.4. The van der Waals surface area contributed by atoms with Crippen LogP contribution >= 0.6 is 15.9 Å². The van der Waals surface area contributed by atoms with Crippen LogP contribution in [0.2, 0.25) is 0 Å². The average Bonchev–Trinajstić information content (AvgIpc) is 2.49. The number of halogens is 1. The van der Waals surface area contributed by atoms with Crippen LogP contribution in [-0.4, -0.2) is 16.1 Å². The quantitative estimate of drug-likeness (QED) is 0.761. The number of carboxylic acids is 1. The number of nitrogens with zero attached hydrogens (tertiary/aromatic N) is 1. The highest BCUT2D eigenvalue weighted by atomic mass is 79.9. The molecule has 2 aromatic carbocycles. The Morgan fingerprint density at radius 1 is 1.14 bits per heavy atom. The molecule has 1 N–H and O–H groups in total. The fourth-order valence-corrected chi connectivity index (χ4v) is 2.41. The number of fused-ring (bicyclic) bond motifs is 1. The van der Waals surface area contributed by atoms with E-state index in [-0.39, 0.29) is 5.56 Å². The Bertz CT molecular complexity index is 833. The fourth-order valence-electron chi connectivity index (χ4n) is 2.08. The van der Waals surface area contributed by atoms with Crippen LogP contribution in [0.3, 0.4) is 0 Å². The highest BCUT2D eigenvalue weighted by Crippen LogP contribution is 2.36. The average molecular weight is 344 g/mol. The van der Waals surface area contributed by atoms with Crippen molar-refractivity contribution in [2.75, 3.05) is 0 Å². The van der Waals surface area contributed by atoms with Crippen molar-refractivity contribution in [3.8, 4) is 11.5 Å². The summed E-state index contributed by atoms with van der Waals surface area (Å²) in [6.07, 6.45) is 3.19. The number of carbonyl (C=O) groups is 1. The first-order valence-electron chi connectivity index (χ1n) is 6.19. The van der Waals surface area contributed by atoms with Crippen molar-refractivity contribution in [2.24, 2.45) is 0 Å². The number of hydrogen-bond acceptors (Lipinski definition) is 3. The highest BCUT2D eigenvalue weighted by molar-refractivity contribution is 9.10. The van der Waals surface area contributed by atoms with Crippen LogP contribution in [0, 0.1) is 0 Å². The van der Waals surface area contributed by atoms with Crippen LogP contribution < -0.4 is 4.74 Å². The Morgan fingerprint density at radius 2 is 1.95 bits per heavy atom. The Hall–Kier alpha value is -2.40. The summed E-state index contributed by atoms with van der Waals surface area (Å²) in [7, 11) is 0. The Balaban J connectivity index is 2.21. The summed E-state index contributed by atoms with van der Waals surface area (Å²) in [6.45, 7) is 0. The third-order valence-corrected chi connectivity index (χ3v) is 3.65. The van der Waals surface area contributed by atoms with E-state index < -0.39 is 5.97 Å². The van der Waals surface area contributed by atoms with Gasteiger partial charge in [0.2, 0.25) is 0 Å². The maximum Gasteiger partial charge on any atom is 0.339 e. The minimum Gasteiger partial charge on any atom is -0.478 e. The number of aromatic carboxylic acids is 1. The number of aromatic nitrogens is 1. The maximum absolute atomic E-state index is 11.4. The molecule has 0 aliphatic rings. The molecule has 0 unspecified atom stereocenters. The zero-order valence-corrected chi connectivity index (χ0v) is 12.4. The molecule has 0 amide bonds. The van der Waals surface area contributed by atoms with Gasteiger partial charge in [-0.25, -0.2) is 4.79 Å². The van der Waals surface area contributed by atoms with Crippen LogP contribution in [0.25, 0.3) is 10.8 Å². The van der Waals surface area contributed by atoms with Gasteiger partial charge in [0.1, 0.15) is 17.1 Å². The molecule has 3 rings (SSSR count). The van der Waals surface area contributed by atoms with Crippen molar-refractivity contribution in [1.82, 2.24) is 4.98 Å². The van der Waals surface area contributed by atoms with Crippen molar-refractivity contribution in [2.45, 2.75) is 0 Å². The van der Waals surface area contributed by atoms with E-state index in [4.69, 9.17) is 4.74 Å². The molecule has 0 fully saturated rings. The first kappa shape index (κ1) is 13.6. The van der Waals surface area contributed by atoms with Gasteiger partial charge in [0.25, 0.3) is 0 Å². The summed E-state index contributed by atoms with van der Waals surface area (Å²) >= 11 is 3.34. The third kappa shape index (κ3) is 2.60. The van der Waals surface area contributed by atoms with Gasteiger partial charge in [-0.3, -0.25) is 4.98 Å². The predicted octanol–water partition coefficient (Wildman–Crippen LogP) is 4.49. The van der Waals surface area contributed by atoms with Crippen LogP contribution in [0.15, 0.2) is 59.3 Å². The van der Waals surface area contributed by atoms with Crippen molar-refractivity contribution >= 4 is 32.7 Å². The summed E-state index contributed by atoms with van der Waals surface area (Å²) in [5, 5.41) is 11.0. The van der Waals surface area contributed by atoms with E-state index in [0.29, 0.717) is 16.0 Å². The predicted molar refractivity (Wildman–Crippen MR) is 82.9 cm³/mol. The largest absolute Gasteiger partial charge is 0.478 e. The van der Waals surface area contributed by atoms with Gasteiger partial charge in [-0.1, -0.05) is 30.3 Å². The van der Waals surface area contributed by atoms with E-state index in [2.05, 4.69) is 20.9 Å². The molecule has 0 spiro atoms. The van der Waals surface area contributed by atoms with Gasteiger partial charge in [0, 0.05) is 23.8 Å². The van der Waals surface area contributed by atoms with Gasteiger partial charge < -0.3 is 9.84 Å². The second-order valence-corrected chi connectivity index (χ2v) is 5.23. The molecule has 0 aliphatic heterocycles. The Kier molecular flexibility index (Phi) is 3.58. The lowest BCUT2D eigenvalue weighted by Gasteiger charge is -2.12. The summed E-state index contributed by atoms with van der Waals surface area (Å²) in [6, 6.07) is 12.5. The molecule has 0 radical (unpaired) electrons. The third-order valence-electron chi connectivity index (χ3n) is 3.06. The summed E-state index contributed by atoms with van der Waals surface area (Å²) in [5.41, 5.74) is 0.123. The van der Waals surface area contributed by atoms with Gasteiger partial charge in [-0.05, 0) is 27.4 Å². The van der Waals surface area contributed by atoms with Crippen LogP contribution in [0.4, 0.5) is 0 Å². The highest BCUT2D eigenvalue weighted by Gasteiger charge is 2.16. The molecule has 0 bridgehead atoms. The number of carboxylic acid groups (broad SMARTS) is 1. The fraction of sp³-hybridized carbons (Fsp3) is 0. The molecule has 0 saturated heterocycles. The van der Waals surface area contributed by atoms with Crippen molar-refractivity contribution in [1.29, 1.82) is 0 Å². The smallest absolute Gasteiger partial charge is 0.339 e.